The Labute approximate surface area is 141 Å². The van der Waals surface area contributed by atoms with Crippen molar-refractivity contribution in [2.24, 2.45) is 0 Å². The third-order valence-electron chi connectivity index (χ3n) is 3.40. The Balaban J connectivity index is 1.91. The van der Waals surface area contributed by atoms with E-state index >= 15 is 0 Å². The predicted molar refractivity (Wildman–Crippen MR) is 93.6 cm³/mol. The number of nitrogens with zero attached hydrogens (tertiary/aromatic N) is 1. The van der Waals surface area contributed by atoms with Gasteiger partial charge in [-0.2, -0.15) is 0 Å². The third kappa shape index (κ3) is 5.17. The van der Waals surface area contributed by atoms with Gasteiger partial charge in [0.15, 0.2) is 5.78 Å². The SMILES string of the molecule is COCCCNc1ccc(C(=O)Nc2ccc(C(C)=O)cc2)nc1. The monoisotopic (exact) mass is 327 g/mol. The van der Waals surface area contributed by atoms with Gasteiger partial charge in [0.05, 0.1) is 11.9 Å². The minimum atomic E-state index is -0.295. The summed E-state index contributed by atoms with van der Waals surface area (Å²) in [5, 5.41) is 5.96. The Bertz CT molecular complexity index is 682. The summed E-state index contributed by atoms with van der Waals surface area (Å²) in [4.78, 5) is 27.6. The summed E-state index contributed by atoms with van der Waals surface area (Å²) in [6.07, 6.45) is 2.52. The molecule has 1 amide bonds. The molecule has 24 heavy (non-hydrogen) atoms. The van der Waals surface area contributed by atoms with E-state index < -0.39 is 0 Å². The second-order valence-electron chi connectivity index (χ2n) is 5.29. The van der Waals surface area contributed by atoms with Crippen molar-refractivity contribution in [1.29, 1.82) is 0 Å². The van der Waals surface area contributed by atoms with Crippen LogP contribution in [0.4, 0.5) is 11.4 Å². The van der Waals surface area contributed by atoms with Gasteiger partial charge < -0.3 is 15.4 Å². The van der Waals surface area contributed by atoms with Crippen molar-refractivity contribution in [3.05, 3.63) is 53.9 Å². The van der Waals surface area contributed by atoms with Gasteiger partial charge in [0, 0.05) is 31.5 Å². The lowest BCUT2D eigenvalue weighted by atomic mass is 10.1. The molecule has 2 aromatic rings. The van der Waals surface area contributed by atoms with E-state index in [1.165, 1.54) is 6.92 Å². The molecule has 1 aromatic heterocycles. The zero-order valence-corrected chi connectivity index (χ0v) is 13.8. The number of carbonyl (C=O) groups is 2. The van der Waals surface area contributed by atoms with Gasteiger partial charge in [-0.25, -0.2) is 4.98 Å². The van der Waals surface area contributed by atoms with E-state index in [4.69, 9.17) is 4.74 Å². The molecule has 0 atom stereocenters. The maximum Gasteiger partial charge on any atom is 0.274 e. The molecule has 2 N–H and O–H groups in total. The van der Waals surface area contributed by atoms with Gasteiger partial charge in [0.1, 0.15) is 5.69 Å². The highest BCUT2D eigenvalue weighted by Crippen LogP contribution is 2.12. The number of benzene rings is 1. The molecule has 2 rings (SSSR count). The second-order valence-corrected chi connectivity index (χ2v) is 5.29. The van der Waals surface area contributed by atoms with E-state index in [-0.39, 0.29) is 11.7 Å². The normalized spacial score (nSPS) is 10.2. The zero-order valence-electron chi connectivity index (χ0n) is 13.8. The lowest BCUT2D eigenvalue weighted by molar-refractivity contribution is 0.101. The van der Waals surface area contributed by atoms with E-state index in [1.54, 1.807) is 43.6 Å². The standard InChI is InChI=1S/C18H21N3O3/c1-13(22)14-4-6-15(7-5-14)21-18(23)17-9-8-16(12-20-17)19-10-3-11-24-2/h4-9,12,19H,3,10-11H2,1-2H3,(H,21,23). The summed E-state index contributed by atoms with van der Waals surface area (Å²) in [5.74, 6) is -0.306. The predicted octanol–water partition coefficient (Wildman–Crippen LogP) is 2.98. The lowest BCUT2D eigenvalue weighted by Gasteiger charge is -2.08. The molecule has 0 aliphatic carbocycles. The number of methoxy groups -OCH3 is 1. The summed E-state index contributed by atoms with van der Waals surface area (Å²) in [6, 6.07) is 10.2. The van der Waals surface area contributed by atoms with Crippen molar-refractivity contribution >= 4 is 23.1 Å². The van der Waals surface area contributed by atoms with Gasteiger partial charge in [0.2, 0.25) is 0 Å². The molecule has 0 aliphatic rings. The van der Waals surface area contributed by atoms with E-state index in [2.05, 4.69) is 15.6 Å². The number of Topliss-reactive ketones (excluding diaryl/α,β-unsaturated/α-hetero) is 1. The molecule has 0 unspecified atom stereocenters. The molecule has 1 heterocycles. The number of hydrogen-bond acceptors (Lipinski definition) is 5. The van der Waals surface area contributed by atoms with Crippen LogP contribution in [0.5, 0.6) is 0 Å². The van der Waals surface area contributed by atoms with Gasteiger partial charge >= 0.3 is 0 Å². The molecule has 0 aliphatic heterocycles. The van der Waals surface area contributed by atoms with Crippen LogP contribution in [-0.4, -0.2) is 36.9 Å². The number of amides is 1. The Hall–Kier alpha value is -2.73. The number of hydrogen-bond donors (Lipinski definition) is 2. The average Bonchev–Trinajstić information content (AvgIpc) is 2.59. The minimum Gasteiger partial charge on any atom is -0.385 e. The first-order valence-electron chi connectivity index (χ1n) is 7.71. The Morgan fingerprint density at radius 2 is 1.79 bits per heavy atom. The zero-order chi connectivity index (χ0) is 17.4. The smallest absolute Gasteiger partial charge is 0.274 e. The van der Waals surface area contributed by atoms with Crippen LogP contribution in [0.15, 0.2) is 42.6 Å². The third-order valence-corrected chi connectivity index (χ3v) is 3.40. The summed E-state index contributed by atoms with van der Waals surface area (Å²) in [5.41, 5.74) is 2.41. The fourth-order valence-electron chi connectivity index (χ4n) is 2.07. The van der Waals surface area contributed by atoms with E-state index in [1.807, 2.05) is 6.07 Å². The van der Waals surface area contributed by atoms with Gasteiger partial charge in [-0.3, -0.25) is 9.59 Å². The first-order valence-corrected chi connectivity index (χ1v) is 7.71. The summed E-state index contributed by atoms with van der Waals surface area (Å²) >= 11 is 0. The number of carbonyl (C=O) groups excluding carboxylic acids is 2. The highest BCUT2D eigenvalue weighted by molar-refractivity contribution is 6.03. The van der Waals surface area contributed by atoms with Crippen LogP contribution in [0.25, 0.3) is 0 Å². The molecule has 6 heteroatoms. The first-order chi connectivity index (χ1) is 11.6. The molecular weight excluding hydrogens is 306 g/mol. The van der Waals surface area contributed by atoms with E-state index in [0.717, 1.165) is 18.7 Å². The Kier molecular flexibility index (Phi) is 6.45. The van der Waals surface area contributed by atoms with Crippen molar-refractivity contribution in [3.8, 4) is 0 Å². The van der Waals surface area contributed by atoms with Crippen molar-refractivity contribution in [2.45, 2.75) is 13.3 Å². The largest absolute Gasteiger partial charge is 0.385 e. The van der Waals surface area contributed by atoms with Crippen molar-refractivity contribution in [3.63, 3.8) is 0 Å². The lowest BCUT2D eigenvalue weighted by Crippen LogP contribution is -2.14. The van der Waals surface area contributed by atoms with Gasteiger partial charge in [-0.05, 0) is 49.7 Å². The van der Waals surface area contributed by atoms with Crippen LogP contribution in [0, 0.1) is 0 Å². The number of pyridine rings is 1. The van der Waals surface area contributed by atoms with E-state index in [9.17, 15) is 9.59 Å². The van der Waals surface area contributed by atoms with E-state index in [0.29, 0.717) is 23.6 Å². The maximum atomic E-state index is 12.2. The highest BCUT2D eigenvalue weighted by atomic mass is 16.5. The highest BCUT2D eigenvalue weighted by Gasteiger charge is 2.08. The number of rotatable bonds is 8. The van der Waals surface area contributed by atoms with Crippen LogP contribution in [0.3, 0.4) is 0 Å². The van der Waals surface area contributed by atoms with Crippen LogP contribution in [0.1, 0.15) is 34.2 Å². The Morgan fingerprint density at radius 3 is 2.38 bits per heavy atom. The summed E-state index contributed by atoms with van der Waals surface area (Å²) in [7, 11) is 1.67. The van der Waals surface area contributed by atoms with Crippen LogP contribution in [-0.2, 0) is 4.74 Å². The molecule has 0 saturated carbocycles. The fourth-order valence-corrected chi connectivity index (χ4v) is 2.07. The first kappa shape index (κ1) is 17.6. The van der Waals surface area contributed by atoms with Crippen molar-refractivity contribution in [2.75, 3.05) is 30.9 Å². The van der Waals surface area contributed by atoms with Crippen molar-refractivity contribution < 1.29 is 14.3 Å². The van der Waals surface area contributed by atoms with Crippen LogP contribution in [0.2, 0.25) is 0 Å². The fraction of sp³-hybridized carbons (Fsp3) is 0.278. The van der Waals surface area contributed by atoms with Gasteiger partial charge in [-0.1, -0.05) is 0 Å². The minimum absolute atomic E-state index is 0.0110. The second kappa shape index (κ2) is 8.79. The average molecular weight is 327 g/mol. The molecular formula is C18H21N3O3. The molecule has 126 valence electrons. The quantitative estimate of drug-likeness (QED) is 0.575. The molecule has 6 nitrogen and oxygen atoms in total. The van der Waals surface area contributed by atoms with Gasteiger partial charge in [-0.15, -0.1) is 0 Å². The number of ether oxygens (including phenoxy) is 1. The summed E-state index contributed by atoms with van der Waals surface area (Å²) < 4.78 is 4.98. The number of aromatic nitrogens is 1. The van der Waals surface area contributed by atoms with Crippen LogP contribution >= 0.6 is 0 Å². The summed E-state index contributed by atoms with van der Waals surface area (Å²) in [6.45, 7) is 2.98. The Morgan fingerprint density at radius 1 is 1.08 bits per heavy atom. The molecule has 0 fully saturated rings. The topological polar surface area (TPSA) is 80.3 Å². The molecule has 0 saturated heterocycles. The molecule has 0 spiro atoms. The van der Waals surface area contributed by atoms with Crippen LogP contribution < -0.4 is 10.6 Å². The molecule has 0 radical (unpaired) electrons. The number of nitrogens with one attached hydrogen (secondary N) is 2. The van der Waals surface area contributed by atoms with Crippen molar-refractivity contribution in [1.82, 2.24) is 4.98 Å². The number of anilines is 2. The molecule has 0 bridgehead atoms. The van der Waals surface area contributed by atoms with Gasteiger partial charge in [0.25, 0.3) is 5.91 Å². The maximum absolute atomic E-state index is 12.2. The number of ketones is 1. The molecule has 1 aromatic carbocycles.